The first-order chi connectivity index (χ1) is 12.0. The van der Waals surface area contributed by atoms with Gasteiger partial charge in [0.1, 0.15) is 5.82 Å². The highest BCUT2D eigenvalue weighted by Gasteiger charge is 2.41. The van der Waals surface area contributed by atoms with E-state index in [0.717, 1.165) is 17.2 Å². The van der Waals surface area contributed by atoms with Crippen LogP contribution in [0.5, 0.6) is 0 Å². The van der Waals surface area contributed by atoms with Crippen molar-refractivity contribution in [2.75, 3.05) is 26.0 Å². The number of guanidine groups is 1. The number of aromatic nitrogens is 1. The molecule has 0 spiro atoms. The van der Waals surface area contributed by atoms with E-state index in [1.54, 1.807) is 30.5 Å². The Morgan fingerprint density at radius 2 is 2.23 bits per heavy atom. The molecule has 1 fully saturated rings. The smallest absolute Gasteiger partial charge is 0.191 e. The van der Waals surface area contributed by atoms with Crippen LogP contribution in [0.2, 0.25) is 5.02 Å². The molecule has 142 valence electrons. The second-order valence-electron chi connectivity index (χ2n) is 6.17. The van der Waals surface area contributed by atoms with E-state index in [-0.39, 0.29) is 41.8 Å². The summed E-state index contributed by atoms with van der Waals surface area (Å²) in [7, 11) is 5.66. The number of nitrogens with one attached hydrogen (secondary N) is 2. The van der Waals surface area contributed by atoms with Gasteiger partial charge in [0.05, 0.1) is 12.2 Å². The van der Waals surface area contributed by atoms with E-state index in [2.05, 4.69) is 20.6 Å². The van der Waals surface area contributed by atoms with Gasteiger partial charge < -0.3 is 15.5 Å². The summed E-state index contributed by atoms with van der Waals surface area (Å²) in [4.78, 5) is 10.7. The van der Waals surface area contributed by atoms with Crippen molar-refractivity contribution in [1.29, 1.82) is 0 Å². The lowest BCUT2D eigenvalue weighted by atomic mass is 10.1. The molecule has 2 atom stereocenters. The van der Waals surface area contributed by atoms with Crippen molar-refractivity contribution in [2.24, 2.45) is 4.99 Å². The van der Waals surface area contributed by atoms with Crippen LogP contribution >= 0.6 is 46.9 Å². The number of thiazole rings is 1. The molecule has 2 aromatic rings. The molecule has 0 radical (unpaired) electrons. The van der Waals surface area contributed by atoms with Crippen LogP contribution < -0.4 is 15.5 Å². The molecule has 26 heavy (non-hydrogen) atoms. The first-order valence-electron chi connectivity index (χ1n) is 8.02. The fraction of sp³-hybridized carbons (Fsp3) is 0.412. The van der Waals surface area contributed by atoms with Crippen molar-refractivity contribution in [3.05, 3.63) is 45.7 Å². The van der Waals surface area contributed by atoms with E-state index >= 15 is 0 Å². The van der Waals surface area contributed by atoms with Gasteiger partial charge in [0.2, 0.25) is 0 Å². The lowest BCUT2D eigenvalue weighted by Crippen LogP contribution is -2.38. The van der Waals surface area contributed by atoms with Gasteiger partial charge in [-0.05, 0) is 18.6 Å². The second kappa shape index (κ2) is 9.18. The van der Waals surface area contributed by atoms with Crippen LogP contribution in [-0.4, -0.2) is 38.1 Å². The Morgan fingerprint density at radius 3 is 2.85 bits per heavy atom. The Bertz CT molecular complexity index is 762. The standard InChI is InChI=1S/C17H21ClFN5S.HI/c1-20-16(21-8-10-9-25-17(22-10)24(2)3)23-14-7-11(14)15-12(18)5-4-6-13(15)19;/h4-6,9,11,14H,7-8H2,1-3H3,(H2,20,21,23);1H. The Labute approximate surface area is 179 Å². The van der Waals surface area contributed by atoms with E-state index in [0.29, 0.717) is 23.1 Å². The quantitative estimate of drug-likeness (QED) is 0.365. The molecule has 2 N–H and O–H groups in total. The third kappa shape index (κ3) is 4.98. The summed E-state index contributed by atoms with van der Waals surface area (Å²) in [6.07, 6.45) is 0.836. The number of aliphatic imine (C=N–C) groups is 1. The molecule has 1 aromatic heterocycles. The highest BCUT2D eigenvalue weighted by atomic mass is 127. The number of hydrogen-bond acceptors (Lipinski definition) is 4. The Balaban J connectivity index is 0.00000243. The van der Waals surface area contributed by atoms with Crippen molar-refractivity contribution in [1.82, 2.24) is 15.6 Å². The lowest BCUT2D eigenvalue weighted by Gasteiger charge is -2.12. The van der Waals surface area contributed by atoms with Crippen LogP contribution in [0.4, 0.5) is 9.52 Å². The summed E-state index contributed by atoms with van der Waals surface area (Å²) in [5.41, 5.74) is 1.55. The summed E-state index contributed by atoms with van der Waals surface area (Å²) in [5, 5.41) is 10.0. The maximum atomic E-state index is 14.0. The minimum absolute atomic E-state index is 0. The van der Waals surface area contributed by atoms with Crippen LogP contribution in [0.1, 0.15) is 23.6 Å². The third-order valence-corrected chi connectivity index (χ3v) is 5.45. The topological polar surface area (TPSA) is 52.6 Å². The highest BCUT2D eigenvalue weighted by Crippen LogP contribution is 2.44. The van der Waals surface area contributed by atoms with Crippen LogP contribution in [0.15, 0.2) is 28.6 Å². The highest BCUT2D eigenvalue weighted by molar-refractivity contribution is 14.0. The average Bonchev–Trinajstić information content (AvgIpc) is 3.14. The Kier molecular flexibility index (Phi) is 7.48. The summed E-state index contributed by atoms with van der Waals surface area (Å²) in [6.45, 7) is 0.585. The average molecular weight is 510 g/mol. The summed E-state index contributed by atoms with van der Waals surface area (Å²) in [6, 6.07) is 4.94. The van der Waals surface area contributed by atoms with Crippen LogP contribution in [0.3, 0.4) is 0 Å². The molecule has 0 amide bonds. The van der Waals surface area contributed by atoms with Gasteiger partial charge in [-0.3, -0.25) is 4.99 Å². The summed E-state index contributed by atoms with van der Waals surface area (Å²) < 4.78 is 14.0. The van der Waals surface area contributed by atoms with Crippen molar-refractivity contribution in [2.45, 2.75) is 24.9 Å². The van der Waals surface area contributed by atoms with Gasteiger partial charge in [0, 0.05) is 49.1 Å². The predicted octanol–water partition coefficient (Wildman–Crippen LogP) is 3.84. The molecule has 1 heterocycles. The molecule has 2 unspecified atom stereocenters. The lowest BCUT2D eigenvalue weighted by molar-refractivity contribution is 0.608. The normalized spacial score (nSPS) is 18.9. The van der Waals surface area contributed by atoms with Crippen molar-refractivity contribution in [3.63, 3.8) is 0 Å². The van der Waals surface area contributed by atoms with E-state index in [1.165, 1.54) is 6.07 Å². The zero-order valence-corrected chi connectivity index (χ0v) is 18.7. The van der Waals surface area contributed by atoms with Crippen LogP contribution in [0.25, 0.3) is 0 Å². The molecule has 5 nitrogen and oxygen atoms in total. The molecule has 1 aliphatic rings. The van der Waals surface area contributed by atoms with Crippen molar-refractivity contribution < 1.29 is 4.39 Å². The zero-order chi connectivity index (χ0) is 18.0. The van der Waals surface area contributed by atoms with Gasteiger partial charge in [-0.15, -0.1) is 35.3 Å². The summed E-state index contributed by atoms with van der Waals surface area (Å²) >= 11 is 7.75. The minimum Gasteiger partial charge on any atom is -0.354 e. The van der Waals surface area contributed by atoms with E-state index in [9.17, 15) is 4.39 Å². The van der Waals surface area contributed by atoms with Gasteiger partial charge in [0.25, 0.3) is 0 Å². The third-order valence-electron chi connectivity index (χ3n) is 4.07. The number of anilines is 1. The van der Waals surface area contributed by atoms with Crippen molar-refractivity contribution in [3.8, 4) is 0 Å². The van der Waals surface area contributed by atoms with E-state index in [4.69, 9.17) is 11.6 Å². The zero-order valence-electron chi connectivity index (χ0n) is 14.8. The molecule has 0 bridgehead atoms. The fourth-order valence-electron chi connectivity index (χ4n) is 2.67. The molecule has 3 rings (SSSR count). The molecule has 0 saturated heterocycles. The number of rotatable bonds is 5. The van der Waals surface area contributed by atoms with E-state index in [1.807, 2.05) is 24.4 Å². The SMILES string of the molecule is CN=C(NCc1csc(N(C)C)n1)NC1CC1c1c(F)cccc1Cl.I. The first kappa shape index (κ1) is 21.2. The fourth-order valence-corrected chi connectivity index (χ4v) is 3.73. The van der Waals surface area contributed by atoms with Crippen molar-refractivity contribution >= 4 is 58.0 Å². The number of nitrogens with zero attached hydrogens (tertiary/aromatic N) is 3. The summed E-state index contributed by atoms with van der Waals surface area (Å²) in [5.74, 6) is 0.509. The first-order valence-corrected chi connectivity index (χ1v) is 9.28. The maximum Gasteiger partial charge on any atom is 0.191 e. The molecule has 1 aromatic carbocycles. The second-order valence-corrected chi connectivity index (χ2v) is 7.41. The monoisotopic (exact) mass is 509 g/mol. The van der Waals surface area contributed by atoms with Crippen LogP contribution in [-0.2, 0) is 6.54 Å². The minimum atomic E-state index is -0.247. The molecule has 1 aliphatic carbocycles. The Hall–Kier alpha value is -1.13. The molecule has 9 heteroatoms. The predicted molar refractivity (Wildman–Crippen MR) is 118 cm³/mol. The molecule has 0 aliphatic heterocycles. The van der Waals surface area contributed by atoms with E-state index < -0.39 is 0 Å². The van der Waals surface area contributed by atoms with Crippen LogP contribution in [0, 0.1) is 5.82 Å². The van der Waals surface area contributed by atoms with Gasteiger partial charge in [-0.25, -0.2) is 9.37 Å². The van der Waals surface area contributed by atoms with Gasteiger partial charge in [-0.2, -0.15) is 0 Å². The van der Waals surface area contributed by atoms with Gasteiger partial charge >= 0.3 is 0 Å². The largest absolute Gasteiger partial charge is 0.354 e. The molecular weight excluding hydrogens is 488 g/mol. The molecule has 1 saturated carbocycles. The molecular formula is C17H22ClFIN5S. The van der Waals surface area contributed by atoms with Gasteiger partial charge in [-0.1, -0.05) is 17.7 Å². The number of hydrogen-bond donors (Lipinski definition) is 2. The Morgan fingerprint density at radius 1 is 1.46 bits per heavy atom. The van der Waals surface area contributed by atoms with Gasteiger partial charge in [0.15, 0.2) is 11.1 Å². The number of benzene rings is 1. The number of halogens is 3. The maximum absolute atomic E-state index is 14.0.